The summed E-state index contributed by atoms with van der Waals surface area (Å²) in [6.07, 6.45) is 1.39. The van der Waals surface area contributed by atoms with Gasteiger partial charge in [-0.25, -0.2) is 0 Å². The number of hydrogen-bond acceptors (Lipinski definition) is 5. The van der Waals surface area contributed by atoms with E-state index in [1.54, 1.807) is 24.3 Å². The molecule has 0 unspecified atom stereocenters. The minimum atomic E-state index is -0.382. The largest absolute Gasteiger partial charge is 0.504 e. The molecule has 3 rings (SSSR count). The van der Waals surface area contributed by atoms with Gasteiger partial charge >= 0.3 is 0 Å². The molecule has 6 nitrogen and oxygen atoms in total. The maximum atomic E-state index is 11.8. The van der Waals surface area contributed by atoms with Crippen molar-refractivity contribution in [1.29, 1.82) is 0 Å². The number of rotatable bonds is 2. The van der Waals surface area contributed by atoms with Gasteiger partial charge in [-0.05, 0) is 18.2 Å². The summed E-state index contributed by atoms with van der Waals surface area (Å²) in [7, 11) is 0. The Balaban J connectivity index is 2.12. The van der Waals surface area contributed by atoms with Crippen LogP contribution in [-0.2, 0) is 0 Å². The van der Waals surface area contributed by atoms with Gasteiger partial charge in [0.05, 0.1) is 11.3 Å². The number of phenols is 2. The average Bonchev–Trinajstić information content (AvgIpc) is 2.50. The van der Waals surface area contributed by atoms with Crippen molar-refractivity contribution in [2.75, 3.05) is 0 Å². The summed E-state index contributed by atoms with van der Waals surface area (Å²) in [5.74, 6) is -0.808. The third kappa shape index (κ3) is 2.37. The van der Waals surface area contributed by atoms with Crippen LogP contribution in [0.4, 0.5) is 5.69 Å². The molecule has 6 heteroatoms. The molecule has 0 amide bonds. The standard InChI is InChI=1S/C16H12N2O4/c19-13-6-5-9(7-14(13)20)17-8-12-10-3-1-2-4-11(10)15(21)18-16(12)22/h1-8,19-20H,(H2,18,21,22). The van der Waals surface area contributed by atoms with Crippen molar-refractivity contribution in [3.05, 3.63) is 58.4 Å². The molecule has 2 aromatic carbocycles. The fraction of sp³-hybridized carbons (Fsp3) is 0. The normalized spacial score (nSPS) is 11.3. The minimum absolute atomic E-state index is 0.240. The number of pyridine rings is 1. The predicted molar refractivity (Wildman–Crippen MR) is 83.3 cm³/mol. The van der Waals surface area contributed by atoms with Crippen molar-refractivity contribution in [1.82, 2.24) is 4.98 Å². The highest BCUT2D eigenvalue weighted by Gasteiger charge is 2.08. The SMILES string of the molecule is O=c1[nH]c(O)c(C=Nc2ccc(O)c(O)c2)c2ccccc12. The average molecular weight is 296 g/mol. The summed E-state index contributed by atoms with van der Waals surface area (Å²) in [4.78, 5) is 18.3. The Morgan fingerprint density at radius 1 is 0.955 bits per heavy atom. The maximum absolute atomic E-state index is 11.8. The number of benzene rings is 2. The third-order valence-electron chi connectivity index (χ3n) is 3.25. The van der Waals surface area contributed by atoms with Crippen molar-refractivity contribution in [2.45, 2.75) is 0 Å². The summed E-state index contributed by atoms with van der Waals surface area (Å²) in [6.45, 7) is 0. The van der Waals surface area contributed by atoms with Crippen LogP contribution in [0, 0.1) is 0 Å². The first-order chi connectivity index (χ1) is 10.6. The van der Waals surface area contributed by atoms with Crippen LogP contribution in [0.2, 0.25) is 0 Å². The van der Waals surface area contributed by atoms with Crippen molar-refractivity contribution in [2.24, 2.45) is 4.99 Å². The first kappa shape index (κ1) is 13.7. The topological polar surface area (TPSA) is 106 Å². The Morgan fingerprint density at radius 3 is 2.41 bits per heavy atom. The molecule has 0 aliphatic heterocycles. The quantitative estimate of drug-likeness (QED) is 0.430. The van der Waals surface area contributed by atoms with Gasteiger partial charge in [-0.3, -0.25) is 14.8 Å². The van der Waals surface area contributed by atoms with E-state index in [9.17, 15) is 20.1 Å². The fourth-order valence-corrected chi connectivity index (χ4v) is 2.15. The van der Waals surface area contributed by atoms with E-state index in [1.165, 1.54) is 24.4 Å². The lowest BCUT2D eigenvalue weighted by atomic mass is 10.1. The summed E-state index contributed by atoms with van der Waals surface area (Å²) >= 11 is 0. The zero-order valence-corrected chi connectivity index (χ0v) is 11.3. The van der Waals surface area contributed by atoms with Gasteiger partial charge in [0, 0.05) is 23.1 Å². The summed E-state index contributed by atoms with van der Waals surface area (Å²) in [6, 6.07) is 11.0. The van der Waals surface area contributed by atoms with E-state index in [4.69, 9.17) is 0 Å². The number of phenolic OH excluding ortho intramolecular Hbond substituents is 2. The molecule has 0 aliphatic rings. The molecule has 110 valence electrons. The van der Waals surface area contributed by atoms with Crippen LogP contribution >= 0.6 is 0 Å². The third-order valence-corrected chi connectivity index (χ3v) is 3.25. The van der Waals surface area contributed by atoms with Gasteiger partial charge in [0.1, 0.15) is 0 Å². The highest BCUT2D eigenvalue weighted by atomic mass is 16.3. The molecular formula is C16H12N2O4. The van der Waals surface area contributed by atoms with E-state index >= 15 is 0 Å². The molecule has 22 heavy (non-hydrogen) atoms. The Hall–Kier alpha value is -3.28. The second kappa shape index (κ2) is 5.25. The lowest BCUT2D eigenvalue weighted by Gasteiger charge is -2.04. The van der Waals surface area contributed by atoms with E-state index in [1.807, 2.05) is 0 Å². The lowest BCUT2D eigenvalue weighted by Crippen LogP contribution is -2.07. The van der Waals surface area contributed by atoms with E-state index in [0.717, 1.165) is 0 Å². The number of nitrogens with one attached hydrogen (secondary N) is 1. The van der Waals surface area contributed by atoms with Crippen LogP contribution in [0.1, 0.15) is 5.56 Å². The Morgan fingerprint density at radius 2 is 1.68 bits per heavy atom. The number of aromatic hydroxyl groups is 3. The number of fused-ring (bicyclic) bond motifs is 1. The van der Waals surface area contributed by atoms with Crippen molar-refractivity contribution in [3.8, 4) is 17.4 Å². The van der Waals surface area contributed by atoms with E-state index in [2.05, 4.69) is 9.98 Å². The predicted octanol–water partition coefficient (Wildman–Crippen LogP) is 2.40. The van der Waals surface area contributed by atoms with Crippen molar-refractivity contribution < 1.29 is 15.3 Å². The molecule has 0 fully saturated rings. The van der Waals surface area contributed by atoms with Crippen LogP contribution in [0.3, 0.4) is 0 Å². The number of hydrogen-bond donors (Lipinski definition) is 4. The Kier molecular flexibility index (Phi) is 3.27. The van der Waals surface area contributed by atoms with Gasteiger partial charge in [0.25, 0.3) is 5.56 Å². The maximum Gasteiger partial charge on any atom is 0.258 e. The molecule has 1 aromatic heterocycles. The molecule has 1 heterocycles. The van der Waals surface area contributed by atoms with Crippen molar-refractivity contribution >= 4 is 22.7 Å². The van der Waals surface area contributed by atoms with Crippen LogP contribution in [0.5, 0.6) is 17.4 Å². The second-order valence-corrected chi connectivity index (χ2v) is 4.69. The fourth-order valence-electron chi connectivity index (χ4n) is 2.15. The molecule has 0 bridgehead atoms. The molecule has 0 aliphatic carbocycles. The number of nitrogens with zero attached hydrogens (tertiary/aromatic N) is 1. The van der Waals surface area contributed by atoms with E-state index < -0.39 is 0 Å². The van der Waals surface area contributed by atoms with Gasteiger partial charge < -0.3 is 15.3 Å². The number of aromatic amines is 1. The van der Waals surface area contributed by atoms with Crippen LogP contribution < -0.4 is 5.56 Å². The molecule has 0 atom stereocenters. The van der Waals surface area contributed by atoms with Gasteiger partial charge in [0.2, 0.25) is 5.88 Å². The summed E-state index contributed by atoms with van der Waals surface area (Å²) in [5.41, 5.74) is 0.375. The smallest absolute Gasteiger partial charge is 0.258 e. The van der Waals surface area contributed by atoms with Crippen LogP contribution in [-0.4, -0.2) is 26.5 Å². The Labute approximate surface area is 124 Å². The number of aliphatic imine (C=N–C) groups is 1. The van der Waals surface area contributed by atoms with Crippen molar-refractivity contribution in [3.63, 3.8) is 0 Å². The first-order valence-electron chi connectivity index (χ1n) is 6.46. The highest BCUT2D eigenvalue weighted by molar-refractivity contribution is 6.01. The lowest BCUT2D eigenvalue weighted by molar-refractivity contribution is 0.404. The van der Waals surface area contributed by atoms with Gasteiger partial charge in [0.15, 0.2) is 11.5 Å². The molecule has 4 N–H and O–H groups in total. The van der Waals surface area contributed by atoms with Gasteiger partial charge in [-0.15, -0.1) is 0 Å². The zero-order valence-electron chi connectivity index (χ0n) is 11.3. The van der Waals surface area contributed by atoms with Crippen LogP contribution in [0.15, 0.2) is 52.3 Å². The highest BCUT2D eigenvalue weighted by Crippen LogP contribution is 2.29. The molecular weight excluding hydrogens is 284 g/mol. The first-order valence-corrected chi connectivity index (χ1v) is 6.46. The summed E-state index contributed by atoms with van der Waals surface area (Å²) < 4.78 is 0. The van der Waals surface area contributed by atoms with Crippen LogP contribution in [0.25, 0.3) is 10.8 Å². The number of H-pyrrole nitrogens is 1. The summed E-state index contributed by atoms with van der Waals surface area (Å²) in [5, 5.41) is 29.6. The van der Waals surface area contributed by atoms with Gasteiger partial charge in [-0.2, -0.15) is 0 Å². The molecule has 0 radical (unpaired) electrons. The second-order valence-electron chi connectivity index (χ2n) is 4.69. The molecule has 3 aromatic rings. The minimum Gasteiger partial charge on any atom is -0.504 e. The number of aromatic nitrogens is 1. The van der Waals surface area contributed by atoms with Gasteiger partial charge in [-0.1, -0.05) is 18.2 Å². The van der Waals surface area contributed by atoms with E-state index in [-0.39, 0.29) is 22.9 Å². The van der Waals surface area contributed by atoms with E-state index in [0.29, 0.717) is 22.0 Å². The molecule has 0 saturated heterocycles. The molecule has 0 saturated carbocycles. The zero-order chi connectivity index (χ0) is 15.7. The monoisotopic (exact) mass is 296 g/mol. The Bertz CT molecular complexity index is 945. The molecule has 0 spiro atoms.